The second kappa shape index (κ2) is 5.94. The van der Waals surface area contributed by atoms with Crippen LogP contribution >= 0.6 is 0 Å². The minimum Gasteiger partial charge on any atom is -0.394 e. The van der Waals surface area contributed by atoms with Crippen LogP contribution in [0.5, 0.6) is 0 Å². The third kappa shape index (κ3) is 2.30. The zero-order valence-corrected chi connectivity index (χ0v) is 12.3. The van der Waals surface area contributed by atoms with Gasteiger partial charge in [-0.1, -0.05) is 5.11 Å². The molecule has 0 spiro atoms. The number of nitrogens with two attached hydrogens (primary N) is 2. The Hall–Kier alpha value is -2.92. The largest absolute Gasteiger partial charge is 0.394 e. The van der Waals surface area contributed by atoms with Gasteiger partial charge >= 0.3 is 0 Å². The highest BCUT2D eigenvalue weighted by atomic mass is 16.5. The summed E-state index contributed by atoms with van der Waals surface area (Å²) in [5, 5.41) is 31.1. The summed E-state index contributed by atoms with van der Waals surface area (Å²) >= 11 is 0. The number of rotatable bonds is 4. The number of nitrogens with zero attached hydrogens (tertiary/aromatic N) is 6. The van der Waals surface area contributed by atoms with E-state index in [-0.39, 0.29) is 17.2 Å². The molecular formula is C12H15N9O3. The summed E-state index contributed by atoms with van der Waals surface area (Å²) in [7, 11) is 0. The molecule has 0 aromatic carbocycles. The number of fused-ring (bicyclic) bond motifs is 1. The van der Waals surface area contributed by atoms with Crippen molar-refractivity contribution in [1.29, 1.82) is 5.41 Å². The van der Waals surface area contributed by atoms with Crippen LogP contribution in [0.25, 0.3) is 21.5 Å². The molecule has 0 unspecified atom stereocenters. The molecule has 0 amide bonds. The van der Waals surface area contributed by atoms with Crippen LogP contribution in [0, 0.1) is 5.41 Å². The number of aliphatic hydroxyl groups excluding tert-OH is 2. The summed E-state index contributed by atoms with van der Waals surface area (Å²) in [4.78, 5) is 10.7. The Morgan fingerprint density at radius 3 is 2.92 bits per heavy atom. The molecule has 1 aliphatic heterocycles. The lowest BCUT2D eigenvalue weighted by Gasteiger charge is -2.17. The average Bonchev–Trinajstić information content (AvgIpc) is 3.08. The fourth-order valence-corrected chi connectivity index (χ4v) is 2.80. The van der Waals surface area contributed by atoms with Crippen LogP contribution in [0.2, 0.25) is 0 Å². The van der Waals surface area contributed by atoms with E-state index in [0.717, 1.165) is 0 Å². The number of aliphatic hydroxyl groups is 2. The van der Waals surface area contributed by atoms with Crippen molar-refractivity contribution in [2.45, 2.75) is 24.5 Å². The Morgan fingerprint density at radius 1 is 1.54 bits per heavy atom. The summed E-state index contributed by atoms with van der Waals surface area (Å²) in [5.41, 5.74) is 20.8. The third-order valence-corrected chi connectivity index (χ3v) is 3.91. The van der Waals surface area contributed by atoms with E-state index in [1.165, 1.54) is 17.1 Å². The van der Waals surface area contributed by atoms with Crippen LogP contribution in [0.15, 0.2) is 17.6 Å². The fraction of sp³-hybridized carbons (Fsp3) is 0.417. The van der Waals surface area contributed by atoms with Gasteiger partial charge in [-0.25, -0.2) is 9.97 Å². The van der Waals surface area contributed by atoms with E-state index in [1.807, 2.05) is 0 Å². The van der Waals surface area contributed by atoms with Crippen LogP contribution in [0.4, 0.5) is 5.82 Å². The van der Waals surface area contributed by atoms with Gasteiger partial charge in [0.1, 0.15) is 42.0 Å². The highest BCUT2D eigenvalue weighted by Crippen LogP contribution is 2.36. The summed E-state index contributed by atoms with van der Waals surface area (Å²) < 4.78 is 7.06. The van der Waals surface area contributed by atoms with Gasteiger partial charge in [0.05, 0.1) is 18.1 Å². The van der Waals surface area contributed by atoms with Gasteiger partial charge in [-0.3, -0.25) is 5.41 Å². The molecule has 24 heavy (non-hydrogen) atoms. The number of anilines is 1. The standard InChI is InChI=1S/C12H15N9O3/c13-9(14)4-1-21(11-6(4)10(15)17-3-18-11)12-7(19-20-16)8(23)5(2-22)24-12/h1,3,5,7-8,12,22-23H,2H2,(H3,13,14)(H2,15,17,18)/t5-,7+,8-,12-/m1/s1. The predicted molar refractivity (Wildman–Crippen MR) is 82.9 cm³/mol. The Kier molecular flexibility index (Phi) is 3.95. The van der Waals surface area contributed by atoms with Crippen molar-refractivity contribution in [1.82, 2.24) is 14.5 Å². The maximum atomic E-state index is 10.2. The molecule has 0 aliphatic carbocycles. The minimum absolute atomic E-state index is 0.126. The smallest absolute Gasteiger partial charge is 0.148 e. The quantitative estimate of drug-likeness (QED) is 0.158. The second-order valence-corrected chi connectivity index (χ2v) is 5.26. The molecule has 4 atom stereocenters. The Balaban J connectivity index is 2.20. The Bertz CT molecular complexity index is 844. The maximum Gasteiger partial charge on any atom is 0.148 e. The van der Waals surface area contributed by atoms with Gasteiger partial charge in [-0.15, -0.1) is 0 Å². The van der Waals surface area contributed by atoms with E-state index in [4.69, 9.17) is 27.1 Å². The lowest BCUT2D eigenvalue weighted by Crippen LogP contribution is -2.31. The van der Waals surface area contributed by atoms with E-state index in [9.17, 15) is 10.2 Å². The molecule has 3 rings (SSSR count). The lowest BCUT2D eigenvalue weighted by atomic mass is 10.1. The van der Waals surface area contributed by atoms with Crippen molar-refractivity contribution in [3.63, 3.8) is 0 Å². The first-order chi connectivity index (χ1) is 11.5. The van der Waals surface area contributed by atoms with Crippen molar-refractivity contribution >= 4 is 22.7 Å². The van der Waals surface area contributed by atoms with Crippen LogP contribution in [0.3, 0.4) is 0 Å². The summed E-state index contributed by atoms with van der Waals surface area (Å²) in [5.74, 6) is -0.126. The van der Waals surface area contributed by atoms with Gasteiger partial charge in [0.15, 0.2) is 0 Å². The van der Waals surface area contributed by atoms with Crippen molar-refractivity contribution in [3.8, 4) is 0 Å². The molecule has 0 bridgehead atoms. The number of nitrogens with one attached hydrogen (secondary N) is 1. The highest BCUT2D eigenvalue weighted by molar-refractivity contribution is 6.09. The number of amidine groups is 1. The topological polar surface area (TPSA) is 205 Å². The Labute approximate surface area is 134 Å². The molecule has 2 aromatic rings. The van der Waals surface area contributed by atoms with Gasteiger partial charge in [0.2, 0.25) is 0 Å². The SMILES string of the molecule is [N-]=[N+]=N[C@H]1[C@H](O)[C@@H](CO)O[C@H]1n1cc(C(=N)N)c2c(N)ncnc21. The zero-order chi connectivity index (χ0) is 17.4. The van der Waals surface area contributed by atoms with E-state index in [1.54, 1.807) is 0 Å². The molecule has 1 fully saturated rings. The van der Waals surface area contributed by atoms with Crippen molar-refractivity contribution < 1.29 is 14.9 Å². The monoisotopic (exact) mass is 333 g/mol. The van der Waals surface area contributed by atoms with E-state index in [2.05, 4.69) is 20.0 Å². The van der Waals surface area contributed by atoms with E-state index < -0.39 is 31.1 Å². The molecule has 0 radical (unpaired) electrons. The number of nitrogen functional groups attached to an aromatic ring is 2. The third-order valence-electron chi connectivity index (χ3n) is 3.91. The fourth-order valence-electron chi connectivity index (χ4n) is 2.80. The molecule has 12 nitrogen and oxygen atoms in total. The van der Waals surface area contributed by atoms with Gasteiger partial charge in [0.25, 0.3) is 0 Å². The van der Waals surface area contributed by atoms with E-state index in [0.29, 0.717) is 11.0 Å². The zero-order valence-electron chi connectivity index (χ0n) is 12.3. The molecule has 0 saturated carbocycles. The van der Waals surface area contributed by atoms with Gasteiger partial charge in [-0.2, -0.15) is 0 Å². The number of azide groups is 1. The van der Waals surface area contributed by atoms with Crippen LogP contribution < -0.4 is 11.5 Å². The van der Waals surface area contributed by atoms with Crippen molar-refractivity contribution in [2.24, 2.45) is 10.8 Å². The molecule has 7 N–H and O–H groups in total. The van der Waals surface area contributed by atoms with Crippen LogP contribution in [0.1, 0.15) is 11.8 Å². The highest BCUT2D eigenvalue weighted by Gasteiger charge is 2.44. The predicted octanol–water partition coefficient (Wildman–Crippen LogP) is -0.773. The van der Waals surface area contributed by atoms with Gasteiger partial charge in [-0.05, 0) is 5.53 Å². The first-order valence-electron chi connectivity index (χ1n) is 6.93. The first kappa shape index (κ1) is 16.0. The summed E-state index contributed by atoms with van der Waals surface area (Å²) in [6.45, 7) is -0.453. The van der Waals surface area contributed by atoms with Crippen LogP contribution in [-0.2, 0) is 4.74 Å². The molecule has 12 heteroatoms. The summed E-state index contributed by atoms with van der Waals surface area (Å²) in [6, 6.07) is -1.00. The lowest BCUT2D eigenvalue weighted by molar-refractivity contribution is -0.0435. The first-order valence-corrected chi connectivity index (χ1v) is 6.93. The minimum atomic E-state index is -1.20. The number of hydrogen-bond donors (Lipinski definition) is 5. The number of hydrogen-bond acceptors (Lipinski definition) is 8. The van der Waals surface area contributed by atoms with E-state index >= 15 is 0 Å². The summed E-state index contributed by atoms with van der Waals surface area (Å²) in [6.07, 6.45) is -0.376. The second-order valence-electron chi connectivity index (χ2n) is 5.26. The van der Waals surface area contributed by atoms with Crippen molar-refractivity contribution in [2.75, 3.05) is 12.3 Å². The Morgan fingerprint density at radius 2 is 2.29 bits per heavy atom. The number of ether oxygens (including phenoxy) is 1. The van der Waals surface area contributed by atoms with Gasteiger partial charge in [0, 0.05) is 16.7 Å². The molecular weight excluding hydrogens is 318 g/mol. The molecule has 3 heterocycles. The van der Waals surface area contributed by atoms with Gasteiger partial charge < -0.3 is 31.0 Å². The molecule has 2 aromatic heterocycles. The molecule has 126 valence electrons. The molecule has 1 saturated heterocycles. The van der Waals surface area contributed by atoms with Crippen LogP contribution in [-0.4, -0.2) is 55.4 Å². The molecule has 1 aliphatic rings. The maximum absolute atomic E-state index is 10.2. The normalized spacial score (nSPS) is 26.4. The van der Waals surface area contributed by atoms with Crippen molar-refractivity contribution in [3.05, 3.63) is 28.5 Å². The number of aromatic nitrogens is 3. The average molecular weight is 333 g/mol.